The van der Waals surface area contributed by atoms with E-state index in [1.54, 1.807) is 7.05 Å². The van der Waals surface area contributed by atoms with Crippen LogP contribution >= 0.6 is 11.6 Å². The summed E-state index contributed by atoms with van der Waals surface area (Å²) in [5, 5.41) is 6.39. The van der Waals surface area contributed by atoms with E-state index in [0.717, 1.165) is 0 Å². The van der Waals surface area contributed by atoms with Gasteiger partial charge in [-0.05, 0) is 31.5 Å². The van der Waals surface area contributed by atoms with E-state index in [1.165, 1.54) is 24.5 Å². The van der Waals surface area contributed by atoms with Crippen LogP contribution in [0.5, 0.6) is 5.75 Å². The highest BCUT2D eigenvalue weighted by atomic mass is 35.5. The minimum absolute atomic E-state index is 0.0208. The summed E-state index contributed by atoms with van der Waals surface area (Å²) >= 11 is 5.90. The summed E-state index contributed by atoms with van der Waals surface area (Å²) in [6.45, 7) is -0.961. The zero-order chi connectivity index (χ0) is 19.0. The maximum absolute atomic E-state index is 12.5. The number of sulfone groups is 1. The molecule has 1 rings (SSSR count). The maximum Gasteiger partial charge on any atom is 0.387 e. The van der Waals surface area contributed by atoms with Gasteiger partial charge in [0.2, 0.25) is 0 Å². The molecular formula is C15H22ClF2N3O3S. The van der Waals surface area contributed by atoms with Crippen LogP contribution in [0.1, 0.15) is 18.9 Å². The van der Waals surface area contributed by atoms with Crippen LogP contribution in [-0.2, 0) is 16.4 Å². The van der Waals surface area contributed by atoms with Gasteiger partial charge in [-0.1, -0.05) is 11.6 Å². The van der Waals surface area contributed by atoms with Crippen molar-refractivity contribution in [2.45, 2.75) is 32.5 Å². The van der Waals surface area contributed by atoms with Gasteiger partial charge in [0.1, 0.15) is 15.6 Å². The Labute approximate surface area is 151 Å². The highest BCUT2D eigenvalue weighted by molar-refractivity contribution is 7.90. The smallest absolute Gasteiger partial charge is 0.387 e. The van der Waals surface area contributed by atoms with Gasteiger partial charge in [0, 0.05) is 36.5 Å². The third-order valence-corrected chi connectivity index (χ3v) is 4.43. The van der Waals surface area contributed by atoms with Gasteiger partial charge in [-0.2, -0.15) is 8.78 Å². The lowest BCUT2D eigenvalue weighted by Gasteiger charge is -2.18. The van der Waals surface area contributed by atoms with Gasteiger partial charge in [0.15, 0.2) is 5.96 Å². The summed E-state index contributed by atoms with van der Waals surface area (Å²) in [6, 6.07) is 4.21. The zero-order valence-electron chi connectivity index (χ0n) is 14.2. The van der Waals surface area contributed by atoms with Crippen LogP contribution in [0, 0.1) is 0 Å². The number of guanidine groups is 1. The van der Waals surface area contributed by atoms with Gasteiger partial charge in [0.25, 0.3) is 0 Å². The summed E-state index contributed by atoms with van der Waals surface area (Å²) in [5.74, 6) is 0.482. The number of halogens is 3. The molecule has 25 heavy (non-hydrogen) atoms. The van der Waals surface area contributed by atoms with Gasteiger partial charge in [0.05, 0.1) is 5.75 Å². The number of nitrogens with one attached hydrogen (secondary N) is 2. The molecule has 1 aromatic rings. The largest absolute Gasteiger partial charge is 0.434 e. The molecule has 0 aliphatic heterocycles. The highest BCUT2D eigenvalue weighted by Gasteiger charge is 2.12. The van der Waals surface area contributed by atoms with Crippen LogP contribution in [-0.4, -0.2) is 46.1 Å². The molecule has 6 nitrogen and oxygen atoms in total. The summed E-state index contributed by atoms with van der Waals surface area (Å²) in [7, 11) is -1.49. The summed E-state index contributed by atoms with van der Waals surface area (Å²) < 4.78 is 51.8. The molecule has 1 unspecified atom stereocenters. The van der Waals surface area contributed by atoms with Crippen LogP contribution in [0.3, 0.4) is 0 Å². The molecule has 2 N–H and O–H groups in total. The molecule has 0 fully saturated rings. The Hall–Kier alpha value is -1.61. The van der Waals surface area contributed by atoms with Crippen molar-refractivity contribution in [2.75, 3.05) is 19.1 Å². The second-order valence-electron chi connectivity index (χ2n) is 5.52. The van der Waals surface area contributed by atoms with Crippen LogP contribution < -0.4 is 15.4 Å². The van der Waals surface area contributed by atoms with Crippen molar-refractivity contribution in [1.29, 1.82) is 0 Å². The van der Waals surface area contributed by atoms with Crippen molar-refractivity contribution in [3.05, 3.63) is 28.8 Å². The number of ether oxygens (including phenoxy) is 1. The molecule has 1 aromatic carbocycles. The van der Waals surface area contributed by atoms with Crippen molar-refractivity contribution in [1.82, 2.24) is 10.6 Å². The number of benzene rings is 1. The fraction of sp³-hybridized carbons (Fsp3) is 0.533. The first-order valence-corrected chi connectivity index (χ1v) is 9.92. The second kappa shape index (κ2) is 9.76. The number of aliphatic imine (C=N–C) groups is 1. The van der Waals surface area contributed by atoms with Gasteiger partial charge < -0.3 is 15.4 Å². The molecule has 0 heterocycles. The van der Waals surface area contributed by atoms with Crippen LogP contribution in [0.2, 0.25) is 5.02 Å². The minimum atomic E-state index is -3.04. The Kier molecular flexibility index (Phi) is 8.37. The lowest BCUT2D eigenvalue weighted by atomic mass is 10.2. The SMILES string of the molecule is CN=C(NCc1cc(Cl)ccc1OC(F)F)NC(C)CCS(C)(=O)=O. The molecule has 0 spiro atoms. The average Bonchev–Trinajstić information content (AvgIpc) is 2.50. The molecule has 142 valence electrons. The molecule has 10 heteroatoms. The van der Waals surface area contributed by atoms with E-state index in [4.69, 9.17) is 11.6 Å². The molecule has 1 atom stereocenters. The lowest BCUT2D eigenvalue weighted by Crippen LogP contribution is -2.42. The topological polar surface area (TPSA) is 79.8 Å². The number of rotatable bonds is 8. The fourth-order valence-electron chi connectivity index (χ4n) is 1.97. The second-order valence-corrected chi connectivity index (χ2v) is 8.22. The van der Waals surface area contributed by atoms with E-state index in [0.29, 0.717) is 23.0 Å². The number of nitrogens with zero attached hydrogens (tertiary/aromatic N) is 1. The monoisotopic (exact) mass is 397 g/mol. The molecule has 0 aliphatic rings. The lowest BCUT2D eigenvalue weighted by molar-refractivity contribution is -0.0504. The highest BCUT2D eigenvalue weighted by Crippen LogP contribution is 2.24. The third-order valence-electron chi connectivity index (χ3n) is 3.21. The molecule has 0 bridgehead atoms. The van der Waals surface area contributed by atoms with Crippen molar-refractivity contribution in [2.24, 2.45) is 4.99 Å². The molecule has 0 radical (unpaired) electrons. The number of alkyl halides is 2. The van der Waals surface area contributed by atoms with Crippen LogP contribution in [0.4, 0.5) is 8.78 Å². The Balaban J connectivity index is 2.67. The van der Waals surface area contributed by atoms with Crippen LogP contribution in [0.15, 0.2) is 23.2 Å². The molecule has 0 saturated heterocycles. The first-order chi connectivity index (χ1) is 11.6. The quantitative estimate of drug-likeness (QED) is 0.520. The number of hydrogen-bond donors (Lipinski definition) is 2. The predicted octanol–water partition coefficient (Wildman–Crippen LogP) is 2.43. The van der Waals surface area contributed by atoms with Crippen molar-refractivity contribution < 1.29 is 21.9 Å². The Morgan fingerprint density at radius 1 is 1.40 bits per heavy atom. The standard InChI is InChI=1S/C15H22ClF2N3O3S/c1-10(6-7-25(3,22)23)21-15(19-2)20-9-11-8-12(16)4-5-13(11)24-14(17)18/h4-5,8,10,14H,6-7,9H2,1-3H3,(H2,19,20,21). The van der Waals surface area contributed by atoms with Crippen molar-refractivity contribution in [3.63, 3.8) is 0 Å². The normalized spacial score (nSPS) is 13.6. The van der Waals surface area contributed by atoms with E-state index in [9.17, 15) is 17.2 Å². The van der Waals surface area contributed by atoms with E-state index < -0.39 is 16.4 Å². The average molecular weight is 398 g/mol. The first kappa shape index (κ1) is 21.4. The predicted molar refractivity (Wildman–Crippen MR) is 95.2 cm³/mol. The first-order valence-electron chi connectivity index (χ1n) is 7.49. The Morgan fingerprint density at radius 3 is 2.64 bits per heavy atom. The van der Waals surface area contributed by atoms with E-state index in [-0.39, 0.29) is 24.1 Å². The fourth-order valence-corrected chi connectivity index (χ4v) is 2.94. The number of hydrogen-bond acceptors (Lipinski definition) is 4. The van der Waals surface area contributed by atoms with Gasteiger partial charge in [-0.15, -0.1) is 0 Å². The van der Waals surface area contributed by atoms with Gasteiger partial charge in [-0.3, -0.25) is 4.99 Å². The third kappa shape index (κ3) is 8.87. The molecular weight excluding hydrogens is 376 g/mol. The zero-order valence-corrected chi connectivity index (χ0v) is 15.8. The molecule has 0 amide bonds. The molecule has 0 saturated carbocycles. The van der Waals surface area contributed by atoms with Crippen LogP contribution in [0.25, 0.3) is 0 Å². The van der Waals surface area contributed by atoms with Gasteiger partial charge >= 0.3 is 6.61 Å². The van der Waals surface area contributed by atoms with E-state index in [1.807, 2.05) is 6.92 Å². The maximum atomic E-state index is 12.5. The van der Waals surface area contributed by atoms with E-state index >= 15 is 0 Å². The Bertz CT molecular complexity index is 699. The summed E-state index contributed by atoms with van der Waals surface area (Å²) in [5.41, 5.74) is 0.444. The molecule has 0 aromatic heterocycles. The summed E-state index contributed by atoms with van der Waals surface area (Å²) in [6.07, 6.45) is 1.59. The van der Waals surface area contributed by atoms with Crippen molar-refractivity contribution >= 4 is 27.4 Å². The molecule has 0 aliphatic carbocycles. The minimum Gasteiger partial charge on any atom is -0.434 e. The van der Waals surface area contributed by atoms with Crippen molar-refractivity contribution in [3.8, 4) is 5.75 Å². The van der Waals surface area contributed by atoms with E-state index in [2.05, 4.69) is 20.4 Å². The summed E-state index contributed by atoms with van der Waals surface area (Å²) in [4.78, 5) is 4.02. The van der Waals surface area contributed by atoms with Gasteiger partial charge in [-0.25, -0.2) is 8.42 Å². The Morgan fingerprint density at radius 2 is 2.08 bits per heavy atom.